The van der Waals surface area contributed by atoms with Crippen molar-refractivity contribution in [1.82, 2.24) is 10.2 Å². The van der Waals surface area contributed by atoms with Gasteiger partial charge in [-0.05, 0) is 12.1 Å². The number of hydrogen-bond donors (Lipinski definition) is 2. The normalized spacial score (nSPS) is 16.9. The number of fused-ring (bicyclic) bond motifs is 1. The number of nitrogens with zero attached hydrogens (tertiary/aromatic N) is 1. The van der Waals surface area contributed by atoms with E-state index in [4.69, 9.17) is 4.74 Å². The molecule has 3 rings (SSSR count). The van der Waals surface area contributed by atoms with Gasteiger partial charge in [0.25, 0.3) is 0 Å². The number of nitrogens with one attached hydrogen (secondary N) is 2. The molecule has 1 aliphatic heterocycles. The molecular weight excluding hydrogens is 178 g/mol. The van der Waals surface area contributed by atoms with Crippen LogP contribution in [0, 0.1) is 0 Å². The van der Waals surface area contributed by atoms with Crippen molar-refractivity contribution < 1.29 is 4.74 Å². The number of rotatable bonds is 2. The van der Waals surface area contributed by atoms with Crippen LogP contribution in [0.1, 0.15) is 0 Å². The Hall–Kier alpha value is -1.55. The van der Waals surface area contributed by atoms with E-state index in [1.165, 1.54) is 0 Å². The highest BCUT2D eigenvalue weighted by Gasteiger charge is 2.18. The number of H-pyrrole nitrogens is 1. The molecule has 0 amide bonds. The summed E-state index contributed by atoms with van der Waals surface area (Å²) in [6.45, 7) is 1.60. The van der Waals surface area contributed by atoms with Crippen molar-refractivity contribution in [2.45, 2.75) is 6.04 Å². The zero-order valence-electron chi connectivity index (χ0n) is 7.66. The molecule has 1 aliphatic rings. The first-order valence-corrected chi connectivity index (χ1v) is 4.70. The molecule has 0 bridgehead atoms. The smallest absolute Gasteiger partial charge is 0.0728 e. The molecule has 1 saturated heterocycles. The highest BCUT2D eigenvalue weighted by molar-refractivity contribution is 5.90. The zero-order valence-corrected chi connectivity index (χ0v) is 7.66. The molecule has 0 aliphatic carbocycles. The topological polar surface area (TPSA) is 49.9 Å². The van der Waals surface area contributed by atoms with Crippen molar-refractivity contribution in [3.05, 3.63) is 24.4 Å². The lowest BCUT2D eigenvalue weighted by molar-refractivity contribution is 0.0211. The molecule has 0 saturated carbocycles. The van der Waals surface area contributed by atoms with Crippen molar-refractivity contribution >= 4 is 16.6 Å². The minimum absolute atomic E-state index is 0.454. The quantitative estimate of drug-likeness (QED) is 0.750. The number of anilines is 1. The number of aromatic amines is 1. The maximum atomic E-state index is 5.11. The summed E-state index contributed by atoms with van der Waals surface area (Å²) in [5.41, 5.74) is 2.19. The average molecular weight is 189 g/mol. The summed E-state index contributed by atoms with van der Waals surface area (Å²) in [7, 11) is 0. The van der Waals surface area contributed by atoms with Gasteiger partial charge in [-0.25, -0.2) is 0 Å². The minimum Gasteiger partial charge on any atom is -0.377 e. The highest BCUT2D eigenvalue weighted by Crippen LogP contribution is 2.22. The first kappa shape index (κ1) is 7.82. The molecule has 1 aromatic carbocycles. The summed E-state index contributed by atoms with van der Waals surface area (Å²) in [6.07, 6.45) is 1.84. The standard InChI is InChI=1S/C10H11N3O/c1-2-9(12-7-5-14-6-7)8-4-11-13-10(8)3-1/h1-4,7,12H,5-6H2,(H,11,13). The van der Waals surface area contributed by atoms with Crippen molar-refractivity contribution in [1.29, 1.82) is 0 Å². The molecule has 4 heteroatoms. The van der Waals surface area contributed by atoms with Gasteiger partial charge in [-0.2, -0.15) is 5.10 Å². The van der Waals surface area contributed by atoms with Crippen LogP contribution in [-0.4, -0.2) is 29.5 Å². The third-order valence-corrected chi connectivity index (χ3v) is 2.48. The average Bonchev–Trinajstić information content (AvgIpc) is 2.59. The molecule has 4 nitrogen and oxygen atoms in total. The molecule has 1 fully saturated rings. The summed E-state index contributed by atoms with van der Waals surface area (Å²) < 4.78 is 5.11. The third kappa shape index (κ3) is 1.15. The maximum absolute atomic E-state index is 5.11. The van der Waals surface area contributed by atoms with E-state index in [1.807, 2.05) is 18.3 Å². The predicted molar refractivity (Wildman–Crippen MR) is 54.3 cm³/mol. The summed E-state index contributed by atoms with van der Waals surface area (Å²) >= 11 is 0. The largest absolute Gasteiger partial charge is 0.377 e. The van der Waals surface area contributed by atoms with Gasteiger partial charge in [-0.1, -0.05) is 6.07 Å². The van der Waals surface area contributed by atoms with Crippen LogP contribution >= 0.6 is 0 Å². The second-order valence-electron chi connectivity index (χ2n) is 3.52. The van der Waals surface area contributed by atoms with Crippen molar-refractivity contribution in [2.24, 2.45) is 0 Å². The Morgan fingerprint density at radius 2 is 2.36 bits per heavy atom. The molecule has 0 atom stereocenters. The highest BCUT2D eigenvalue weighted by atomic mass is 16.5. The Morgan fingerprint density at radius 3 is 3.14 bits per heavy atom. The summed E-state index contributed by atoms with van der Waals surface area (Å²) in [4.78, 5) is 0. The Labute approximate surface area is 81.3 Å². The Kier molecular flexibility index (Phi) is 1.67. The molecule has 14 heavy (non-hydrogen) atoms. The Balaban J connectivity index is 1.97. The number of benzene rings is 1. The number of aromatic nitrogens is 2. The van der Waals surface area contributed by atoms with Gasteiger partial charge in [0.1, 0.15) is 0 Å². The molecule has 0 spiro atoms. The minimum atomic E-state index is 0.454. The molecule has 72 valence electrons. The van der Waals surface area contributed by atoms with Crippen LogP contribution in [0.25, 0.3) is 10.9 Å². The van der Waals surface area contributed by atoms with Crippen LogP contribution in [0.2, 0.25) is 0 Å². The predicted octanol–water partition coefficient (Wildman–Crippen LogP) is 1.37. The van der Waals surface area contributed by atoms with Crippen molar-refractivity contribution in [3.63, 3.8) is 0 Å². The first-order chi connectivity index (χ1) is 6.93. The van der Waals surface area contributed by atoms with Crippen LogP contribution in [-0.2, 0) is 4.74 Å². The van der Waals surface area contributed by atoms with Gasteiger partial charge in [0, 0.05) is 11.1 Å². The van der Waals surface area contributed by atoms with Gasteiger partial charge in [-0.15, -0.1) is 0 Å². The molecule has 2 heterocycles. The van der Waals surface area contributed by atoms with E-state index in [0.717, 1.165) is 29.8 Å². The number of hydrogen-bond acceptors (Lipinski definition) is 3. The fraction of sp³-hybridized carbons (Fsp3) is 0.300. The van der Waals surface area contributed by atoms with Crippen molar-refractivity contribution in [2.75, 3.05) is 18.5 Å². The van der Waals surface area contributed by atoms with Gasteiger partial charge < -0.3 is 10.1 Å². The van der Waals surface area contributed by atoms with Gasteiger partial charge in [0.2, 0.25) is 0 Å². The molecule has 2 N–H and O–H groups in total. The molecule has 2 aromatic rings. The van der Waals surface area contributed by atoms with E-state index in [1.54, 1.807) is 0 Å². The van der Waals surface area contributed by atoms with Crippen molar-refractivity contribution in [3.8, 4) is 0 Å². The molecule has 0 radical (unpaired) electrons. The molecular formula is C10H11N3O. The fourth-order valence-electron chi connectivity index (χ4n) is 1.63. The number of ether oxygens (including phenoxy) is 1. The lowest BCUT2D eigenvalue weighted by Crippen LogP contribution is -2.40. The fourth-order valence-corrected chi connectivity index (χ4v) is 1.63. The lowest BCUT2D eigenvalue weighted by atomic mass is 10.2. The van der Waals surface area contributed by atoms with E-state index in [0.29, 0.717) is 6.04 Å². The van der Waals surface area contributed by atoms with Gasteiger partial charge in [0.15, 0.2) is 0 Å². The van der Waals surface area contributed by atoms with Gasteiger partial charge in [0.05, 0.1) is 31.0 Å². The molecule has 0 unspecified atom stereocenters. The first-order valence-electron chi connectivity index (χ1n) is 4.70. The Bertz CT molecular complexity index is 447. The third-order valence-electron chi connectivity index (χ3n) is 2.48. The molecule has 1 aromatic heterocycles. The van der Waals surface area contributed by atoms with Crippen LogP contribution in [0.3, 0.4) is 0 Å². The van der Waals surface area contributed by atoms with Gasteiger partial charge in [-0.3, -0.25) is 5.10 Å². The van der Waals surface area contributed by atoms with E-state index in [9.17, 15) is 0 Å². The second kappa shape index (κ2) is 2.99. The van der Waals surface area contributed by atoms with Gasteiger partial charge >= 0.3 is 0 Å². The monoisotopic (exact) mass is 189 g/mol. The summed E-state index contributed by atoms with van der Waals surface area (Å²) in [6, 6.07) is 6.55. The van der Waals surface area contributed by atoms with E-state index in [-0.39, 0.29) is 0 Å². The lowest BCUT2D eigenvalue weighted by Gasteiger charge is -2.28. The van der Waals surface area contributed by atoms with E-state index < -0.39 is 0 Å². The van der Waals surface area contributed by atoms with Crippen LogP contribution < -0.4 is 5.32 Å². The van der Waals surface area contributed by atoms with Crippen LogP contribution in [0.15, 0.2) is 24.4 Å². The zero-order chi connectivity index (χ0) is 9.38. The second-order valence-corrected chi connectivity index (χ2v) is 3.52. The van der Waals surface area contributed by atoms with E-state index in [2.05, 4.69) is 21.6 Å². The van der Waals surface area contributed by atoms with E-state index >= 15 is 0 Å². The summed E-state index contributed by atoms with van der Waals surface area (Å²) in [5, 5.41) is 11.5. The van der Waals surface area contributed by atoms with Crippen LogP contribution in [0.5, 0.6) is 0 Å². The Morgan fingerprint density at radius 1 is 1.43 bits per heavy atom. The summed E-state index contributed by atoms with van der Waals surface area (Å²) in [5.74, 6) is 0. The maximum Gasteiger partial charge on any atom is 0.0728 e. The SMILES string of the molecule is c1cc(NC2COC2)c2cn[nH]c2c1. The van der Waals surface area contributed by atoms with Crippen LogP contribution in [0.4, 0.5) is 5.69 Å².